The van der Waals surface area contributed by atoms with Crippen molar-refractivity contribution in [2.45, 2.75) is 25.7 Å². The molecule has 2 fully saturated rings. The summed E-state index contributed by atoms with van der Waals surface area (Å²) in [5.74, 6) is 4.36. The number of rotatable bonds is 0. The minimum atomic E-state index is 0. The molecule has 12 heavy (non-hydrogen) atoms. The molecule has 0 aromatic heterocycles. The van der Waals surface area contributed by atoms with E-state index >= 15 is 0 Å². The summed E-state index contributed by atoms with van der Waals surface area (Å²) in [6, 6.07) is 0. The second-order valence-corrected chi connectivity index (χ2v) is 4.24. The van der Waals surface area contributed by atoms with Crippen molar-refractivity contribution in [2.24, 2.45) is 23.7 Å². The summed E-state index contributed by atoms with van der Waals surface area (Å²) in [4.78, 5) is 0. The van der Waals surface area contributed by atoms with Gasteiger partial charge in [-0.25, -0.2) is 0 Å². The third kappa shape index (κ3) is 1.23. The summed E-state index contributed by atoms with van der Waals surface area (Å²) in [5, 5.41) is 0. The first-order valence-electron chi connectivity index (χ1n) is 4.62. The Balaban J connectivity index is 0.000000360. The van der Waals surface area contributed by atoms with E-state index in [1.54, 1.807) is 12.8 Å². The maximum Gasteiger partial charge on any atom is -0.0171 e. The second-order valence-electron chi connectivity index (χ2n) is 4.24. The van der Waals surface area contributed by atoms with E-state index < -0.39 is 0 Å². The fraction of sp³-hybridized carbons (Fsp3) is 0.800. The standard InChI is InChI=1S/C10H14.HI.H3N/c1-2-9-7-4-5-8(6-7)10(9)3-1;;/h1-2,7-10H,3-6H2;1H;1H3. The summed E-state index contributed by atoms with van der Waals surface area (Å²) >= 11 is 0. The first-order chi connectivity index (χ1) is 4.95. The van der Waals surface area contributed by atoms with Gasteiger partial charge in [-0.3, -0.25) is 0 Å². The summed E-state index contributed by atoms with van der Waals surface area (Å²) in [5.41, 5.74) is 0. The van der Waals surface area contributed by atoms with Crippen molar-refractivity contribution in [3.8, 4) is 0 Å². The van der Waals surface area contributed by atoms with Gasteiger partial charge in [0.05, 0.1) is 0 Å². The van der Waals surface area contributed by atoms with Crippen LogP contribution in [0.25, 0.3) is 0 Å². The molecule has 2 saturated carbocycles. The molecule has 4 unspecified atom stereocenters. The van der Waals surface area contributed by atoms with Crippen LogP contribution in [0.2, 0.25) is 0 Å². The van der Waals surface area contributed by atoms with Gasteiger partial charge < -0.3 is 6.15 Å². The smallest absolute Gasteiger partial charge is 0.0171 e. The zero-order valence-corrected chi connectivity index (χ0v) is 9.74. The average molecular weight is 279 g/mol. The number of hydrogen-bond acceptors (Lipinski definition) is 1. The normalized spacial score (nSPS) is 46.7. The molecular weight excluding hydrogens is 261 g/mol. The van der Waals surface area contributed by atoms with E-state index in [-0.39, 0.29) is 30.1 Å². The monoisotopic (exact) mass is 279 g/mol. The van der Waals surface area contributed by atoms with Crippen LogP contribution >= 0.6 is 24.0 Å². The summed E-state index contributed by atoms with van der Waals surface area (Å²) in [6.45, 7) is 0. The Kier molecular flexibility index (Phi) is 3.21. The van der Waals surface area contributed by atoms with Gasteiger partial charge in [-0.2, -0.15) is 0 Å². The molecule has 70 valence electrons. The van der Waals surface area contributed by atoms with Crippen LogP contribution in [0.5, 0.6) is 0 Å². The molecule has 3 rings (SSSR count). The van der Waals surface area contributed by atoms with E-state index in [1.165, 1.54) is 12.8 Å². The number of allylic oxidation sites excluding steroid dienone is 2. The molecule has 3 aliphatic carbocycles. The third-order valence-corrected chi connectivity index (χ3v) is 3.92. The second kappa shape index (κ2) is 3.66. The van der Waals surface area contributed by atoms with Crippen LogP contribution in [0.3, 0.4) is 0 Å². The lowest BCUT2D eigenvalue weighted by Crippen LogP contribution is -2.16. The molecule has 0 amide bonds. The van der Waals surface area contributed by atoms with Crippen LogP contribution in [-0.2, 0) is 0 Å². The highest BCUT2D eigenvalue weighted by Gasteiger charge is 2.47. The lowest BCUT2D eigenvalue weighted by Gasteiger charge is -2.23. The van der Waals surface area contributed by atoms with Gasteiger partial charge in [-0.15, -0.1) is 24.0 Å². The predicted octanol–water partition coefficient (Wildman–Crippen LogP) is 3.39. The highest BCUT2D eigenvalue weighted by atomic mass is 127. The molecule has 3 aliphatic rings. The Morgan fingerprint density at radius 2 is 1.83 bits per heavy atom. The molecule has 2 heteroatoms. The highest BCUT2D eigenvalue weighted by molar-refractivity contribution is 14.0. The van der Waals surface area contributed by atoms with Gasteiger partial charge >= 0.3 is 0 Å². The SMILES string of the molecule is C1=CC2C3CCC(C3)C2C1.I.N. The summed E-state index contributed by atoms with van der Waals surface area (Å²) < 4.78 is 0. The first-order valence-corrected chi connectivity index (χ1v) is 4.62. The van der Waals surface area contributed by atoms with Gasteiger partial charge in [0.1, 0.15) is 0 Å². The van der Waals surface area contributed by atoms with Crippen LogP contribution < -0.4 is 6.15 Å². The molecule has 3 N–H and O–H groups in total. The Morgan fingerprint density at radius 3 is 2.58 bits per heavy atom. The van der Waals surface area contributed by atoms with Gasteiger partial charge in [-0.05, 0) is 49.4 Å². The van der Waals surface area contributed by atoms with Crippen molar-refractivity contribution >= 4 is 24.0 Å². The van der Waals surface area contributed by atoms with Crippen molar-refractivity contribution < 1.29 is 0 Å². The van der Waals surface area contributed by atoms with Crippen molar-refractivity contribution in [3.63, 3.8) is 0 Å². The van der Waals surface area contributed by atoms with E-state index in [2.05, 4.69) is 12.2 Å². The van der Waals surface area contributed by atoms with Crippen LogP contribution in [0.1, 0.15) is 25.7 Å². The molecule has 0 saturated heterocycles. The van der Waals surface area contributed by atoms with E-state index in [9.17, 15) is 0 Å². The molecule has 1 nitrogen and oxygen atoms in total. The molecule has 0 aliphatic heterocycles. The molecule has 4 atom stereocenters. The Morgan fingerprint density at radius 1 is 1.08 bits per heavy atom. The maximum atomic E-state index is 2.49. The minimum absolute atomic E-state index is 0. The zero-order chi connectivity index (χ0) is 6.55. The molecule has 0 heterocycles. The van der Waals surface area contributed by atoms with Crippen LogP contribution in [0.15, 0.2) is 12.2 Å². The van der Waals surface area contributed by atoms with E-state index in [4.69, 9.17) is 0 Å². The van der Waals surface area contributed by atoms with Crippen molar-refractivity contribution in [2.75, 3.05) is 0 Å². The third-order valence-electron chi connectivity index (χ3n) is 3.92. The van der Waals surface area contributed by atoms with E-state index in [0.29, 0.717) is 0 Å². The van der Waals surface area contributed by atoms with Crippen molar-refractivity contribution in [3.05, 3.63) is 12.2 Å². The molecule has 0 aromatic rings. The van der Waals surface area contributed by atoms with Crippen LogP contribution in [0.4, 0.5) is 0 Å². The Hall–Kier alpha value is 0.430. The lowest BCUT2D eigenvalue weighted by atomic mass is 9.82. The maximum absolute atomic E-state index is 2.49. The number of halogens is 1. The van der Waals surface area contributed by atoms with Gasteiger partial charge in [-0.1, -0.05) is 12.2 Å². The molecule has 0 radical (unpaired) electrons. The summed E-state index contributed by atoms with van der Waals surface area (Å²) in [7, 11) is 0. The largest absolute Gasteiger partial charge is 0.344 e. The van der Waals surface area contributed by atoms with Crippen molar-refractivity contribution in [1.29, 1.82) is 0 Å². The van der Waals surface area contributed by atoms with E-state index in [1.807, 2.05) is 0 Å². The summed E-state index contributed by atoms with van der Waals surface area (Å²) in [6.07, 6.45) is 11.0. The van der Waals surface area contributed by atoms with Crippen LogP contribution in [0, 0.1) is 23.7 Å². The van der Waals surface area contributed by atoms with Gasteiger partial charge in [0.15, 0.2) is 0 Å². The number of fused-ring (bicyclic) bond motifs is 5. The van der Waals surface area contributed by atoms with Crippen LogP contribution in [-0.4, -0.2) is 0 Å². The van der Waals surface area contributed by atoms with Crippen molar-refractivity contribution in [1.82, 2.24) is 6.15 Å². The number of hydrogen-bond donors (Lipinski definition) is 1. The van der Waals surface area contributed by atoms with Gasteiger partial charge in [0.2, 0.25) is 0 Å². The quantitative estimate of drug-likeness (QED) is 0.535. The van der Waals surface area contributed by atoms with Gasteiger partial charge in [0.25, 0.3) is 0 Å². The highest BCUT2D eigenvalue weighted by Crippen LogP contribution is 2.56. The fourth-order valence-corrected chi connectivity index (χ4v) is 3.50. The lowest BCUT2D eigenvalue weighted by molar-refractivity contribution is 0.285. The fourth-order valence-electron chi connectivity index (χ4n) is 3.50. The zero-order valence-electron chi connectivity index (χ0n) is 7.41. The average Bonchev–Trinajstić information content (AvgIpc) is 2.60. The topological polar surface area (TPSA) is 35.0 Å². The molecular formula is C10H18IN. The molecule has 2 bridgehead atoms. The first kappa shape index (κ1) is 10.5. The molecule has 0 spiro atoms. The Labute approximate surface area is 91.6 Å². The molecule has 0 aromatic carbocycles. The van der Waals surface area contributed by atoms with Gasteiger partial charge in [0, 0.05) is 0 Å². The predicted molar refractivity (Wildman–Crippen MR) is 62.0 cm³/mol. The minimum Gasteiger partial charge on any atom is -0.344 e. The Bertz CT molecular complexity index is 190. The van der Waals surface area contributed by atoms with E-state index in [0.717, 1.165) is 23.7 Å².